The number of carbonyl (C=O) groups is 1. The number of nitrogens with zero attached hydrogens (tertiary/aromatic N) is 2. The maximum Gasteiger partial charge on any atom is 0.357 e. The topological polar surface area (TPSA) is 64.1 Å². The number of benzene rings is 1. The van der Waals surface area contributed by atoms with E-state index in [2.05, 4.69) is 15.3 Å². The molecule has 0 radical (unpaired) electrons. The summed E-state index contributed by atoms with van der Waals surface area (Å²) in [7, 11) is 1.32. The highest BCUT2D eigenvalue weighted by Gasteiger charge is 2.24. The number of nitrogens with one attached hydrogen (secondary N) is 1. The van der Waals surface area contributed by atoms with Crippen LogP contribution in [0.5, 0.6) is 0 Å². The summed E-state index contributed by atoms with van der Waals surface area (Å²) in [4.78, 5) is 20.5. The average molecular weight is 273 g/mol. The van der Waals surface area contributed by atoms with Crippen molar-refractivity contribution in [3.8, 4) is 11.4 Å². The number of esters is 1. The van der Waals surface area contributed by atoms with Gasteiger partial charge in [-0.15, -0.1) is 0 Å². The highest BCUT2D eigenvalue weighted by atomic mass is 19.1. The minimum absolute atomic E-state index is 0.266. The van der Waals surface area contributed by atoms with Gasteiger partial charge in [-0.3, -0.25) is 0 Å². The fourth-order valence-electron chi connectivity index (χ4n) is 2.16. The Balaban J connectivity index is 2.13. The van der Waals surface area contributed by atoms with E-state index in [0.29, 0.717) is 24.5 Å². The minimum atomic E-state index is -0.490. The third kappa shape index (κ3) is 2.14. The zero-order chi connectivity index (χ0) is 14.1. The highest BCUT2D eigenvalue weighted by molar-refractivity contribution is 5.89. The summed E-state index contributed by atoms with van der Waals surface area (Å²) in [5, 5.41) is 3.12. The molecule has 1 aromatic carbocycles. The number of ether oxygens (including phenoxy) is 1. The Morgan fingerprint density at radius 1 is 1.25 bits per heavy atom. The van der Waals surface area contributed by atoms with Crippen LogP contribution in [0.1, 0.15) is 21.7 Å². The van der Waals surface area contributed by atoms with Crippen molar-refractivity contribution in [3.63, 3.8) is 0 Å². The number of fused-ring (bicyclic) bond motifs is 1. The van der Waals surface area contributed by atoms with E-state index >= 15 is 0 Å². The van der Waals surface area contributed by atoms with Gasteiger partial charge in [0.2, 0.25) is 0 Å². The smallest absolute Gasteiger partial charge is 0.357 e. The third-order valence-electron chi connectivity index (χ3n) is 3.17. The van der Waals surface area contributed by atoms with Crippen LogP contribution in [0.15, 0.2) is 24.3 Å². The zero-order valence-corrected chi connectivity index (χ0v) is 10.8. The van der Waals surface area contributed by atoms with Gasteiger partial charge in [-0.05, 0) is 24.3 Å². The molecular formula is C14H12FN3O2. The molecule has 20 heavy (non-hydrogen) atoms. The average Bonchev–Trinajstić information content (AvgIpc) is 2.94. The molecule has 2 heterocycles. The lowest BCUT2D eigenvalue weighted by molar-refractivity contribution is 0.0592. The summed E-state index contributed by atoms with van der Waals surface area (Å²) in [5.41, 5.74) is 2.47. The Bertz CT molecular complexity index is 671. The van der Waals surface area contributed by atoms with Gasteiger partial charge >= 0.3 is 5.97 Å². The van der Waals surface area contributed by atoms with Gasteiger partial charge in [0.1, 0.15) is 5.82 Å². The first kappa shape index (κ1) is 12.7. The van der Waals surface area contributed by atoms with E-state index < -0.39 is 5.97 Å². The number of carbonyl (C=O) groups excluding carboxylic acids is 1. The van der Waals surface area contributed by atoms with E-state index in [-0.39, 0.29) is 11.5 Å². The van der Waals surface area contributed by atoms with Gasteiger partial charge < -0.3 is 10.1 Å². The molecule has 2 aromatic rings. The fraction of sp³-hybridized carbons (Fsp3) is 0.214. The summed E-state index contributed by atoms with van der Waals surface area (Å²) in [6.07, 6.45) is 0. The standard InChI is InChI=1S/C14H12FN3O2/c1-20-14(19)12-10-6-16-7-11(10)17-13(18-12)8-2-4-9(15)5-3-8/h2-5,16H,6-7H2,1H3. The van der Waals surface area contributed by atoms with Crippen LogP contribution in [0.3, 0.4) is 0 Å². The monoisotopic (exact) mass is 273 g/mol. The maximum atomic E-state index is 13.0. The summed E-state index contributed by atoms with van der Waals surface area (Å²) < 4.78 is 17.7. The Morgan fingerprint density at radius 2 is 2.00 bits per heavy atom. The number of hydrogen-bond acceptors (Lipinski definition) is 5. The molecule has 1 N–H and O–H groups in total. The van der Waals surface area contributed by atoms with Gasteiger partial charge in [0.15, 0.2) is 11.5 Å². The number of halogens is 1. The second kappa shape index (κ2) is 4.97. The lowest BCUT2D eigenvalue weighted by atomic mass is 10.1. The summed E-state index contributed by atoms with van der Waals surface area (Å²) in [6.45, 7) is 1.12. The van der Waals surface area contributed by atoms with E-state index in [1.54, 1.807) is 12.1 Å². The van der Waals surface area contributed by atoms with Gasteiger partial charge in [0, 0.05) is 24.2 Å². The Kier molecular flexibility index (Phi) is 3.15. The predicted octanol–water partition coefficient (Wildman–Crippen LogP) is 1.67. The third-order valence-corrected chi connectivity index (χ3v) is 3.17. The number of aromatic nitrogens is 2. The first-order valence-electron chi connectivity index (χ1n) is 6.14. The number of hydrogen-bond donors (Lipinski definition) is 1. The first-order valence-corrected chi connectivity index (χ1v) is 6.14. The largest absolute Gasteiger partial charge is 0.464 e. The van der Waals surface area contributed by atoms with Crippen LogP contribution < -0.4 is 5.32 Å². The van der Waals surface area contributed by atoms with Gasteiger partial charge in [0.05, 0.1) is 12.8 Å². The molecule has 6 heteroatoms. The van der Waals surface area contributed by atoms with Gasteiger partial charge in [-0.1, -0.05) is 0 Å². The van der Waals surface area contributed by atoms with Crippen molar-refractivity contribution in [2.75, 3.05) is 7.11 Å². The van der Waals surface area contributed by atoms with Crippen LogP contribution in [0, 0.1) is 5.82 Å². The lowest BCUT2D eigenvalue weighted by Crippen LogP contribution is -2.11. The van der Waals surface area contributed by atoms with Crippen molar-refractivity contribution >= 4 is 5.97 Å². The molecule has 1 aliphatic rings. The Labute approximate surface area is 114 Å². The van der Waals surface area contributed by atoms with Crippen LogP contribution in [0.4, 0.5) is 4.39 Å². The molecule has 0 atom stereocenters. The second-order valence-corrected chi connectivity index (χ2v) is 4.42. The van der Waals surface area contributed by atoms with Crippen LogP contribution in [-0.2, 0) is 17.8 Å². The van der Waals surface area contributed by atoms with E-state index in [1.807, 2.05) is 0 Å². The number of methoxy groups -OCH3 is 1. The quantitative estimate of drug-likeness (QED) is 0.843. The maximum absolute atomic E-state index is 13.0. The van der Waals surface area contributed by atoms with Crippen LogP contribution >= 0.6 is 0 Å². The molecule has 0 saturated heterocycles. The molecule has 1 aliphatic heterocycles. The number of rotatable bonds is 2. The zero-order valence-electron chi connectivity index (χ0n) is 10.8. The Morgan fingerprint density at radius 3 is 2.70 bits per heavy atom. The molecular weight excluding hydrogens is 261 g/mol. The van der Waals surface area contributed by atoms with Crippen molar-refractivity contribution in [3.05, 3.63) is 47.0 Å². The van der Waals surface area contributed by atoms with Gasteiger partial charge in [-0.2, -0.15) is 0 Å². The molecule has 5 nitrogen and oxygen atoms in total. The van der Waals surface area contributed by atoms with E-state index in [9.17, 15) is 9.18 Å². The predicted molar refractivity (Wildman–Crippen MR) is 69.3 cm³/mol. The van der Waals surface area contributed by atoms with E-state index in [0.717, 1.165) is 11.3 Å². The van der Waals surface area contributed by atoms with Crippen molar-refractivity contribution in [1.82, 2.24) is 15.3 Å². The molecule has 102 valence electrons. The first-order chi connectivity index (χ1) is 9.69. The molecule has 0 bridgehead atoms. The summed E-state index contributed by atoms with van der Waals surface area (Å²) >= 11 is 0. The van der Waals surface area contributed by atoms with Crippen molar-refractivity contribution < 1.29 is 13.9 Å². The van der Waals surface area contributed by atoms with Crippen LogP contribution in [0.25, 0.3) is 11.4 Å². The van der Waals surface area contributed by atoms with Gasteiger partial charge in [-0.25, -0.2) is 19.2 Å². The molecule has 0 spiro atoms. The molecule has 0 amide bonds. The van der Waals surface area contributed by atoms with E-state index in [4.69, 9.17) is 4.74 Å². The van der Waals surface area contributed by atoms with Crippen LogP contribution in [0.2, 0.25) is 0 Å². The van der Waals surface area contributed by atoms with Crippen molar-refractivity contribution in [2.45, 2.75) is 13.1 Å². The minimum Gasteiger partial charge on any atom is -0.464 e. The Hall–Kier alpha value is -2.34. The molecule has 1 aromatic heterocycles. The van der Waals surface area contributed by atoms with Crippen molar-refractivity contribution in [2.24, 2.45) is 0 Å². The molecule has 0 unspecified atom stereocenters. The SMILES string of the molecule is COC(=O)c1nc(-c2ccc(F)cc2)nc2c1CNC2. The molecule has 0 fully saturated rings. The molecule has 0 aliphatic carbocycles. The summed E-state index contributed by atoms with van der Waals surface area (Å²) in [6, 6.07) is 5.84. The molecule has 0 saturated carbocycles. The van der Waals surface area contributed by atoms with Crippen LogP contribution in [-0.4, -0.2) is 23.0 Å². The molecule has 3 rings (SSSR count). The summed E-state index contributed by atoms with van der Waals surface area (Å²) in [5.74, 6) is -0.423. The normalized spacial score (nSPS) is 13.1. The highest BCUT2D eigenvalue weighted by Crippen LogP contribution is 2.23. The second-order valence-electron chi connectivity index (χ2n) is 4.42. The van der Waals surface area contributed by atoms with Crippen molar-refractivity contribution in [1.29, 1.82) is 0 Å². The van der Waals surface area contributed by atoms with Gasteiger partial charge in [0.25, 0.3) is 0 Å². The lowest BCUT2D eigenvalue weighted by Gasteiger charge is -2.08. The fourth-order valence-corrected chi connectivity index (χ4v) is 2.16. The van der Waals surface area contributed by atoms with E-state index in [1.165, 1.54) is 19.2 Å².